The van der Waals surface area contributed by atoms with Gasteiger partial charge in [0.05, 0.1) is 12.6 Å². The largest absolute Gasteiger partial charge is 0.394 e. The van der Waals surface area contributed by atoms with Gasteiger partial charge in [-0.2, -0.15) is 0 Å². The van der Waals surface area contributed by atoms with E-state index in [4.69, 9.17) is 5.11 Å². The summed E-state index contributed by atoms with van der Waals surface area (Å²) in [5.74, 6) is -0.656. The molecule has 3 amide bonds. The number of urea groups is 1. The first kappa shape index (κ1) is 16.2. The maximum atomic E-state index is 12.9. The second-order valence-corrected chi connectivity index (χ2v) is 5.19. The van der Waals surface area contributed by atoms with E-state index in [0.29, 0.717) is 25.2 Å². The number of hydrogen-bond acceptors (Lipinski definition) is 3. The highest BCUT2D eigenvalue weighted by Crippen LogP contribution is 2.20. The first-order valence-corrected chi connectivity index (χ1v) is 7.27. The Morgan fingerprint density at radius 2 is 2.05 bits per heavy atom. The second kappa shape index (κ2) is 7.22. The van der Waals surface area contributed by atoms with Crippen molar-refractivity contribution in [1.29, 1.82) is 0 Å². The molecule has 2 rings (SSSR count). The standard InChI is InChI=1S/C15H20FN3O3/c1-2-12(10-20)17-14(21)9-18-7-8-19(15(18)22)13-5-3-11(16)4-6-13/h3-6,12,20H,2,7-10H2,1H3,(H,17,21). The van der Waals surface area contributed by atoms with Crippen molar-refractivity contribution in [2.75, 3.05) is 31.1 Å². The lowest BCUT2D eigenvalue weighted by Gasteiger charge is -2.20. The van der Waals surface area contributed by atoms with E-state index in [-0.39, 0.29) is 36.9 Å². The minimum Gasteiger partial charge on any atom is -0.394 e. The van der Waals surface area contributed by atoms with Crippen molar-refractivity contribution in [2.45, 2.75) is 19.4 Å². The summed E-state index contributed by atoms with van der Waals surface area (Å²) in [4.78, 5) is 27.1. The highest BCUT2D eigenvalue weighted by atomic mass is 19.1. The molecule has 7 heteroatoms. The molecule has 1 heterocycles. The third-order valence-corrected chi connectivity index (χ3v) is 3.65. The monoisotopic (exact) mass is 309 g/mol. The lowest BCUT2D eigenvalue weighted by molar-refractivity contribution is -0.122. The van der Waals surface area contributed by atoms with E-state index >= 15 is 0 Å². The van der Waals surface area contributed by atoms with E-state index in [1.54, 1.807) is 0 Å². The zero-order valence-electron chi connectivity index (χ0n) is 12.5. The van der Waals surface area contributed by atoms with Gasteiger partial charge in [0.25, 0.3) is 0 Å². The van der Waals surface area contributed by atoms with Gasteiger partial charge in [0.2, 0.25) is 5.91 Å². The number of nitrogens with zero attached hydrogens (tertiary/aromatic N) is 2. The van der Waals surface area contributed by atoms with Crippen LogP contribution in [0.2, 0.25) is 0 Å². The number of benzene rings is 1. The number of rotatable bonds is 6. The summed E-state index contributed by atoms with van der Waals surface area (Å²) >= 11 is 0. The Balaban J connectivity index is 1.94. The predicted octanol–water partition coefficient (Wildman–Crippen LogP) is 0.955. The van der Waals surface area contributed by atoms with Crippen molar-refractivity contribution in [1.82, 2.24) is 10.2 Å². The van der Waals surface area contributed by atoms with Gasteiger partial charge in [-0.15, -0.1) is 0 Å². The van der Waals surface area contributed by atoms with Crippen LogP contribution in [0.15, 0.2) is 24.3 Å². The average Bonchev–Trinajstić information content (AvgIpc) is 2.87. The third kappa shape index (κ3) is 3.73. The summed E-state index contributed by atoms with van der Waals surface area (Å²) in [6.45, 7) is 2.57. The van der Waals surface area contributed by atoms with E-state index in [0.717, 1.165) is 0 Å². The maximum Gasteiger partial charge on any atom is 0.325 e. The molecule has 1 aromatic carbocycles. The molecule has 1 unspecified atom stereocenters. The number of amides is 3. The molecule has 0 saturated carbocycles. The fourth-order valence-electron chi connectivity index (χ4n) is 2.31. The van der Waals surface area contributed by atoms with Gasteiger partial charge in [-0.25, -0.2) is 9.18 Å². The number of aliphatic hydroxyl groups is 1. The summed E-state index contributed by atoms with van der Waals surface area (Å²) < 4.78 is 12.9. The quantitative estimate of drug-likeness (QED) is 0.822. The molecular weight excluding hydrogens is 289 g/mol. The van der Waals surface area contributed by atoms with Crippen LogP contribution in [0, 0.1) is 5.82 Å². The molecule has 6 nitrogen and oxygen atoms in total. The van der Waals surface area contributed by atoms with Gasteiger partial charge >= 0.3 is 6.03 Å². The molecule has 1 aliphatic rings. The summed E-state index contributed by atoms with van der Waals surface area (Å²) in [6.07, 6.45) is 0.623. The van der Waals surface area contributed by atoms with Gasteiger partial charge in [-0.1, -0.05) is 6.92 Å². The molecule has 120 valence electrons. The van der Waals surface area contributed by atoms with E-state index in [1.165, 1.54) is 34.1 Å². The minimum atomic E-state index is -0.360. The van der Waals surface area contributed by atoms with Crippen molar-refractivity contribution in [3.63, 3.8) is 0 Å². The summed E-state index contributed by atoms with van der Waals surface area (Å²) in [5, 5.41) is 11.7. The van der Waals surface area contributed by atoms with Gasteiger partial charge in [0.1, 0.15) is 12.4 Å². The predicted molar refractivity (Wildman–Crippen MR) is 80.0 cm³/mol. The third-order valence-electron chi connectivity index (χ3n) is 3.65. The number of anilines is 1. The first-order chi connectivity index (χ1) is 10.5. The molecule has 0 spiro atoms. The number of carbonyl (C=O) groups is 2. The molecule has 0 bridgehead atoms. The zero-order chi connectivity index (χ0) is 16.1. The molecule has 1 atom stereocenters. The fourth-order valence-corrected chi connectivity index (χ4v) is 2.31. The molecular formula is C15H20FN3O3. The maximum absolute atomic E-state index is 12.9. The van der Waals surface area contributed by atoms with Crippen LogP contribution in [0.25, 0.3) is 0 Å². The van der Waals surface area contributed by atoms with Gasteiger partial charge < -0.3 is 15.3 Å². The van der Waals surface area contributed by atoms with E-state index in [2.05, 4.69) is 5.32 Å². The molecule has 0 aromatic heterocycles. The van der Waals surface area contributed by atoms with Gasteiger partial charge in [0, 0.05) is 18.8 Å². The minimum absolute atomic E-state index is 0.0486. The Bertz CT molecular complexity index is 531. The Kier molecular flexibility index (Phi) is 5.32. The van der Waals surface area contributed by atoms with E-state index < -0.39 is 0 Å². The van der Waals surface area contributed by atoms with Crippen molar-refractivity contribution in [3.05, 3.63) is 30.1 Å². The second-order valence-electron chi connectivity index (χ2n) is 5.19. The number of aliphatic hydroxyl groups excluding tert-OH is 1. The molecule has 22 heavy (non-hydrogen) atoms. The van der Waals surface area contributed by atoms with Crippen LogP contribution in [0.3, 0.4) is 0 Å². The zero-order valence-corrected chi connectivity index (χ0v) is 12.5. The van der Waals surface area contributed by atoms with Crippen LogP contribution < -0.4 is 10.2 Å². The van der Waals surface area contributed by atoms with Crippen molar-refractivity contribution >= 4 is 17.6 Å². The molecule has 1 saturated heterocycles. The number of carbonyl (C=O) groups excluding carboxylic acids is 2. The number of halogens is 1. The molecule has 1 aliphatic heterocycles. The Morgan fingerprint density at radius 1 is 1.36 bits per heavy atom. The lowest BCUT2D eigenvalue weighted by atomic mass is 10.2. The van der Waals surface area contributed by atoms with Gasteiger partial charge in [0.15, 0.2) is 0 Å². The van der Waals surface area contributed by atoms with E-state index in [1.807, 2.05) is 6.92 Å². The molecule has 2 N–H and O–H groups in total. The molecule has 0 radical (unpaired) electrons. The molecule has 1 fully saturated rings. The topological polar surface area (TPSA) is 72.9 Å². The average molecular weight is 309 g/mol. The molecule has 1 aromatic rings. The lowest BCUT2D eigenvalue weighted by Crippen LogP contribution is -2.44. The van der Waals surface area contributed by atoms with Crippen LogP contribution >= 0.6 is 0 Å². The van der Waals surface area contributed by atoms with Crippen LogP contribution in [0.4, 0.5) is 14.9 Å². The highest BCUT2D eigenvalue weighted by Gasteiger charge is 2.31. The Labute approximate surface area is 128 Å². The van der Waals surface area contributed by atoms with Crippen LogP contribution in [0.5, 0.6) is 0 Å². The van der Waals surface area contributed by atoms with Gasteiger partial charge in [-0.3, -0.25) is 9.69 Å². The van der Waals surface area contributed by atoms with Crippen LogP contribution in [0.1, 0.15) is 13.3 Å². The molecule has 0 aliphatic carbocycles. The SMILES string of the molecule is CCC(CO)NC(=O)CN1CCN(c2ccc(F)cc2)C1=O. The number of nitrogens with one attached hydrogen (secondary N) is 1. The smallest absolute Gasteiger partial charge is 0.325 e. The first-order valence-electron chi connectivity index (χ1n) is 7.27. The fraction of sp³-hybridized carbons (Fsp3) is 0.467. The summed E-state index contributed by atoms with van der Waals surface area (Å²) in [6, 6.07) is 5.10. The Morgan fingerprint density at radius 3 is 2.64 bits per heavy atom. The summed E-state index contributed by atoms with van der Waals surface area (Å²) in [5.41, 5.74) is 0.608. The van der Waals surface area contributed by atoms with Crippen LogP contribution in [-0.2, 0) is 4.79 Å². The van der Waals surface area contributed by atoms with Crippen molar-refractivity contribution in [2.24, 2.45) is 0 Å². The summed E-state index contributed by atoms with van der Waals surface area (Å²) in [7, 11) is 0. The number of hydrogen-bond donors (Lipinski definition) is 2. The van der Waals surface area contributed by atoms with Gasteiger partial charge in [-0.05, 0) is 30.7 Å². The van der Waals surface area contributed by atoms with Crippen LogP contribution in [-0.4, -0.2) is 54.2 Å². The highest BCUT2D eigenvalue weighted by molar-refractivity contribution is 5.96. The normalized spacial score (nSPS) is 16.0. The van der Waals surface area contributed by atoms with Crippen molar-refractivity contribution < 1.29 is 19.1 Å². The Hall–Kier alpha value is -2.15. The van der Waals surface area contributed by atoms with Crippen molar-refractivity contribution in [3.8, 4) is 0 Å². The van der Waals surface area contributed by atoms with E-state index in [9.17, 15) is 14.0 Å².